The molecule has 5 fully saturated rings. The Morgan fingerprint density at radius 2 is 1.80 bits per heavy atom. The largest absolute Gasteiger partial charge is 0.393 e. The topological polar surface area (TPSA) is 58.9 Å². The first-order valence-corrected chi connectivity index (χ1v) is 10.3. The average Bonchev–Trinajstić information content (AvgIpc) is 2.59. The molecule has 25 heavy (non-hydrogen) atoms. The van der Waals surface area contributed by atoms with Crippen LogP contribution in [0.2, 0.25) is 0 Å². The number of aliphatic hydroxyl groups excluding tert-OH is 1. The lowest BCUT2D eigenvalue weighted by Gasteiger charge is -2.70. The molecular formula is C21H36O4. The Morgan fingerprint density at radius 3 is 2.52 bits per heavy atom. The molecule has 4 nitrogen and oxygen atoms in total. The number of hydrogen-bond donors (Lipinski definition) is 2. The highest BCUT2D eigenvalue weighted by Gasteiger charge is 2.67. The summed E-state index contributed by atoms with van der Waals surface area (Å²) in [6.45, 7) is 5.56. The fourth-order valence-electron chi connectivity index (χ4n) is 8.19. The monoisotopic (exact) mass is 352 g/mol. The maximum absolute atomic E-state index is 11.0. The number of fused-ring (bicyclic) bond motifs is 3. The van der Waals surface area contributed by atoms with E-state index in [1.54, 1.807) is 7.11 Å². The van der Waals surface area contributed by atoms with Crippen molar-refractivity contribution < 1.29 is 20.0 Å². The number of hydrogen-bond acceptors (Lipinski definition) is 4. The second-order valence-corrected chi connectivity index (χ2v) is 10.4. The van der Waals surface area contributed by atoms with Crippen LogP contribution >= 0.6 is 0 Å². The first-order chi connectivity index (χ1) is 11.8. The third kappa shape index (κ3) is 2.47. The van der Waals surface area contributed by atoms with Gasteiger partial charge in [0.15, 0.2) is 0 Å². The lowest BCUT2D eigenvalue weighted by Crippen LogP contribution is -2.66. The Balaban J connectivity index is 1.66. The van der Waals surface area contributed by atoms with Crippen molar-refractivity contribution in [2.45, 2.75) is 77.2 Å². The fourth-order valence-corrected chi connectivity index (χ4v) is 8.19. The molecule has 0 saturated heterocycles. The maximum atomic E-state index is 11.0. The highest BCUT2D eigenvalue weighted by molar-refractivity contribution is 5.16. The van der Waals surface area contributed by atoms with Gasteiger partial charge in [0.05, 0.1) is 25.9 Å². The van der Waals surface area contributed by atoms with Crippen LogP contribution < -0.4 is 0 Å². The Morgan fingerprint density at radius 1 is 1.04 bits per heavy atom. The molecule has 0 radical (unpaired) electrons. The van der Waals surface area contributed by atoms with Crippen molar-refractivity contribution in [3.05, 3.63) is 0 Å². The summed E-state index contributed by atoms with van der Waals surface area (Å²) in [5.74, 6) is 1.64. The van der Waals surface area contributed by atoms with Crippen LogP contribution in [0.4, 0.5) is 0 Å². The van der Waals surface area contributed by atoms with Crippen molar-refractivity contribution in [3.8, 4) is 0 Å². The highest BCUT2D eigenvalue weighted by atomic mass is 17.2. The molecule has 0 aromatic carbocycles. The van der Waals surface area contributed by atoms with Crippen LogP contribution in [0.5, 0.6) is 0 Å². The zero-order valence-electron chi connectivity index (χ0n) is 16.2. The molecule has 2 N–H and O–H groups in total. The lowest BCUT2D eigenvalue weighted by molar-refractivity contribution is -0.308. The average molecular weight is 353 g/mol. The summed E-state index contributed by atoms with van der Waals surface area (Å²) in [6.07, 6.45) is 10.5. The second-order valence-electron chi connectivity index (χ2n) is 10.4. The van der Waals surface area contributed by atoms with E-state index in [4.69, 9.17) is 9.78 Å². The van der Waals surface area contributed by atoms with Crippen LogP contribution in [-0.2, 0) is 9.78 Å². The van der Waals surface area contributed by atoms with Crippen molar-refractivity contribution in [1.29, 1.82) is 0 Å². The van der Waals surface area contributed by atoms with E-state index in [1.165, 1.54) is 38.5 Å². The van der Waals surface area contributed by atoms with E-state index in [2.05, 4.69) is 13.8 Å². The Hall–Kier alpha value is -0.160. The molecule has 5 saturated carbocycles. The van der Waals surface area contributed by atoms with E-state index in [0.717, 1.165) is 19.3 Å². The van der Waals surface area contributed by atoms with Gasteiger partial charge in [-0.1, -0.05) is 20.3 Å². The minimum Gasteiger partial charge on any atom is -0.393 e. The summed E-state index contributed by atoms with van der Waals surface area (Å²) in [7, 11) is 1.61. The normalized spacial score (nSPS) is 54.8. The zero-order chi connectivity index (χ0) is 17.9. The van der Waals surface area contributed by atoms with E-state index < -0.39 is 5.60 Å². The molecule has 4 heteroatoms. The molecule has 0 aliphatic heterocycles. The van der Waals surface area contributed by atoms with Gasteiger partial charge >= 0.3 is 0 Å². The molecule has 144 valence electrons. The van der Waals surface area contributed by atoms with Crippen LogP contribution in [0, 0.1) is 34.0 Å². The fraction of sp³-hybridized carbons (Fsp3) is 1.00. The van der Waals surface area contributed by atoms with E-state index in [-0.39, 0.29) is 23.4 Å². The van der Waals surface area contributed by atoms with Crippen LogP contribution in [0.15, 0.2) is 0 Å². The minimum absolute atomic E-state index is 0.0638. The number of aliphatic hydroxyl groups is 2. The standard InChI is InChI=1S/C21H36O4/c1-18(14-25-24-3)7-4-8-19(2)16(18)6-10-20-9-5-15(11-17(19)20)21(23,12-20)13-22/h15-17,22-23H,4-14H2,1-3H3/t15-,16+,17-,18-,19+,20+,21-/m0/s1. The van der Waals surface area contributed by atoms with Crippen molar-refractivity contribution >= 4 is 0 Å². The smallest absolute Gasteiger partial charge is 0.0910 e. The minimum atomic E-state index is -0.824. The Bertz CT molecular complexity index is 524. The van der Waals surface area contributed by atoms with Gasteiger partial charge in [0.2, 0.25) is 0 Å². The molecule has 5 aliphatic rings. The van der Waals surface area contributed by atoms with E-state index in [9.17, 15) is 10.2 Å². The molecular weight excluding hydrogens is 316 g/mol. The van der Waals surface area contributed by atoms with Crippen LogP contribution in [0.25, 0.3) is 0 Å². The molecule has 0 amide bonds. The van der Waals surface area contributed by atoms with Gasteiger partial charge in [-0.25, -0.2) is 9.78 Å². The predicted molar refractivity (Wildman–Crippen MR) is 95.7 cm³/mol. The van der Waals surface area contributed by atoms with Crippen LogP contribution in [0.3, 0.4) is 0 Å². The van der Waals surface area contributed by atoms with Gasteiger partial charge in [-0.2, -0.15) is 0 Å². The summed E-state index contributed by atoms with van der Waals surface area (Å²) >= 11 is 0. The Labute approximate surface area is 152 Å². The molecule has 2 bridgehead atoms. The third-order valence-corrected chi connectivity index (χ3v) is 9.28. The first-order valence-electron chi connectivity index (χ1n) is 10.3. The predicted octanol–water partition coefficient (Wildman–Crippen LogP) is 3.70. The van der Waals surface area contributed by atoms with Gasteiger partial charge in [-0.3, -0.25) is 0 Å². The highest BCUT2D eigenvalue weighted by Crippen LogP contribution is 2.72. The van der Waals surface area contributed by atoms with Crippen molar-refractivity contribution in [1.82, 2.24) is 0 Å². The SMILES string of the molecule is COOC[C@]1(C)CCC[C@]2(C)[C@@H]1CC[C@@]13CC[C@@H](C[C@H]12)[C@@](O)(CO)C3. The van der Waals surface area contributed by atoms with Crippen molar-refractivity contribution in [2.75, 3.05) is 20.3 Å². The maximum Gasteiger partial charge on any atom is 0.0910 e. The third-order valence-electron chi connectivity index (χ3n) is 9.28. The van der Waals surface area contributed by atoms with Gasteiger partial charge in [-0.15, -0.1) is 0 Å². The van der Waals surface area contributed by atoms with Gasteiger partial charge in [0, 0.05) is 0 Å². The van der Waals surface area contributed by atoms with Crippen LogP contribution in [-0.4, -0.2) is 36.1 Å². The summed E-state index contributed by atoms with van der Waals surface area (Å²) in [5.41, 5.74) is -0.0562. The zero-order valence-corrected chi connectivity index (χ0v) is 16.2. The van der Waals surface area contributed by atoms with Gasteiger partial charge in [0.1, 0.15) is 0 Å². The molecule has 0 unspecified atom stereocenters. The van der Waals surface area contributed by atoms with Gasteiger partial charge in [0.25, 0.3) is 0 Å². The second kappa shape index (κ2) is 5.92. The summed E-state index contributed by atoms with van der Waals surface area (Å²) in [4.78, 5) is 10.4. The van der Waals surface area contributed by atoms with E-state index >= 15 is 0 Å². The summed E-state index contributed by atoms with van der Waals surface area (Å²) in [6, 6.07) is 0. The first kappa shape index (κ1) is 18.2. The van der Waals surface area contributed by atoms with E-state index in [1.807, 2.05) is 0 Å². The molecule has 0 aromatic heterocycles. The quantitative estimate of drug-likeness (QED) is 0.598. The summed E-state index contributed by atoms with van der Waals surface area (Å²) in [5, 5.41) is 20.9. The van der Waals surface area contributed by atoms with E-state index in [0.29, 0.717) is 23.9 Å². The van der Waals surface area contributed by atoms with Gasteiger partial charge < -0.3 is 10.2 Å². The molecule has 1 spiro atoms. The number of rotatable bonds is 4. The Kier molecular flexibility index (Phi) is 4.31. The van der Waals surface area contributed by atoms with Crippen molar-refractivity contribution in [2.24, 2.45) is 34.0 Å². The lowest BCUT2D eigenvalue weighted by atomic mass is 9.36. The van der Waals surface area contributed by atoms with Gasteiger partial charge in [-0.05, 0) is 85.4 Å². The molecule has 0 aromatic rings. The molecule has 0 heterocycles. The molecule has 5 rings (SSSR count). The molecule has 5 aliphatic carbocycles. The summed E-state index contributed by atoms with van der Waals surface area (Å²) < 4.78 is 0. The molecule has 7 atom stereocenters. The van der Waals surface area contributed by atoms with Crippen LogP contribution in [0.1, 0.15) is 71.6 Å². The van der Waals surface area contributed by atoms with Crippen molar-refractivity contribution in [3.63, 3.8) is 0 Å².